The average molecular weight is 793 g/mol. The van der Waals surface area contributed by atoms with Crippen LogP contribution in [0.3, 0.4) is 0 Å². The lowest BCUT2D eigenvalue weighted by Crippen LogP contribution is -3.00. The Morgan fingerprint density at radius 3 is 1.92 bits per heavy atom. The van der Waals surface area contributed by atoms with Crippen molar-refractivity contribution in [1.29, 1.82) is 0 Å². The first-order valence-corrected chi connectivity index (χ1v) is 20.1. The number of carbonyl (C=O) groups excluding carboxylic acids is 1. The summed E-state index contributed by atoms with van der Waals surface area (Å²) >= 11 is 1.79. The molecule has 0 saturated carbocycles. The summed E-state index contributed by atoms with van der Waals surface area (Å²) in [5.74, 6) is 1.02. The number of quaternary nitrogens is 1. The van der Waals surface area contributed by atoms with Gasteiger partial charge in [0.05, 0.1) is 50.2 Å². The number of unbranched alkanes of at least 4 members (excludes halogenated alkanes) is 18. The van der Waals surface area contributed by atoms with Crippen molar-refractivity contribution < 1.29 is 38.0 Å². The molecule has 0 amide bonds. The van der Waals surface area contributed by atoms with Crippen LogP contribution in [0.4, 0.5) is 16.4 Å². The maximum atomic E-state index is 12.5. The second-order valence-corrected chi connectivity index (χ2v) is 15.7. The number of likely N-dealkylation sites (N-methyl/N-ethyl adjacent to an activating group) is 1. The minimum Gasteiger partial charge on any atom is -1.00 e. The highest BCUT2D eigenvalue weighted by molar-refractivity contribution is 7.16. The van der Waals surface area contributed by atoms with Gasteiger partial charge in [-0.3, -0.25) is 9.28 Å². The molecule has 2 aromatic rings. The number of carbonyl (C=O) groups is 1. The lowest BCUT2D eigenvalue weighted by atomic mass is 10.0. The van der Waals surface area contributed by atoms with E-state index in [-0.39, 0.29) is 29.9 Å². The first kappa shape index (κ1) is 40.8. The third-order valence-electron chi connectivity index (χ3n) is 10.1. The number of rotatable bonds is 22. The van der Waals surface area contributed by atoms with Gasteiger partial charge in [0.1, 0.15) is 10.8 Å². The van der Waals surface area contributed by atoms with Gasteiger partial charge >= 0.3 is 5.97 Å². The molecule has 0 spiro atoms. The van der Waals surface area contributed by atoms with E-state index in [1.807, 2.05) is 6.07 Å². The predicted octanol–water partition coefficient (Wildman–Crippen LogP) is 8.28. The number of aryl methyl sites for hydroxylation is 1. The molecule has 0 bridgehead atoms. The zero-order valence-electron chi connectivity index (χ0n) is 30.5. The van der Waals surface area contributed by atoms with Crippen LogP contribution >= 0.6 is 11.3 Å². The minimum atomic E-state index is -0.0343. The summed E-state index contributed by atoms with van der Waals surface area (Å²) in [6, 6.07) is 10.5. The summed E-state index contributed by atoms with van der Waals surface area (Å²) in [4.78, 5) is 21.4. The number of fused-ring (bicyclic) bond motifs is 2. The second-order valence-electron chi connectivity index (χ2n) is 14.5. The molecular weight excluding hydrogens is 727 g/mol. The van der Waals surface area contributed by atoms with E-state index in [0.717, 1.165) is 65.7 Å². The average Bonchev–Trinajstić information content (AvgIpc) is 3.36. The monoisotopic (exact) mass is 792 g/mol. The van der Waals surface area contributed by atoms with Gasteiger partial charge in [-0.25, -0.2) is 4.99 Å². The van der Waals surface area contributed by atoms with Crippen molar-refractivity contribution in [1.82, 2.24) is 4.90 Å². The summed E-state index contributed by atoms with van der Waals surface area (Å²) in [5, 5.41) is 4.77. The van der Waals surface area contributed by atoms with E-state index in [9.17, 15) is 4.79 Å². The SMILES string of the molecule is CCCCCCCCCCCCCCCCCCCCCC(=O)OC[N+]1(C)CCN(C2=Nc3ccccc3Nc3sc(C)cc32)CC1.[I-]. The number of thiophene rings is 1. The third-order valence-corrected chi connectivity index (χ3v) is 11.1. The lowest BCUT2D eigenvalue weighted by Gasteiger charge is -2.42. The molecule has 1 aromatic heterocycles. The normalized spacial score (nSPS) is 15.1. The van der Waals surface area contributed by atoms with Crippen molar-refractivity contribution in [3.63, 3.8) is 0 Å². The Hall–Kier alpha value is -1.65. The number of aliphatic imine (C=N–C) groups is 1. The summed E-state index contributed by atoms with van der Waals surface area (Å²) in [6.07, 6.45) is 26.5. The van der Waals surface area contributed by atoms with Crippen LogP contribution in [-0.4, -0.2) is 61.1 Å². The van der Waals surface area contributed by atoms with E-state index in [1.54, 1.807) is 11.3 Å². The van der Waals surface area contributed by atoms with Gasteiger partial charge in [0, 0.05) is 11.3 Å². The Balaban J connectivity index is 0.00000625. The molecule has 0 aliphatic carbocycles. The van der Waals surface area contributed by atoms with E-state index in [1.165, 1.54) is 120 Å². The Morgan fingerprint density at radius 2 is 1.35 bits per heavy atom. The van der Waals surface area contributed by atoms with E-state index in [0.29, 0.717) is 13.2 Å². The molecule has 1 N–H and O–H groups in total. The van der Waals surface area contributed by atoms with Gasteiger partial charge in [-0.15, -0.1) is 11.3 Å². The third kappa shape index (κ3) is 14.3. The molecule has 2 aliphatic rings. The topological polar surface area (TPSA) is 53.9 Å². The zero-order chi connectivity index (χ0) is 33.2. The summed E-state index contributed by atoms with van der Waals surface area (Å²) < 4.78 is 6.57. The molecule has 8 heteroatoms. The molecule has 1 saturated heterocycles. The van der Waals surface area contributed by atoms with Crippen LogP contribution < -0.4 is 29.3 Å². The number of para-hydroxylation sites is 2. The van der Waals surface area contributed by atoms with Crippen LogP contribution in [0.25, 0.3) is 0 Å². The Labute approximate surface area is 314 Å². The maximum absolute atomic E-state index is 12.5. The number of esters is 1. The highest BCUT2D eigenvalue weighted by Crippen LogP contribution is 2.39. The Morgan fingerprint density at radius 1 is 0.833 bits per heavy atom. The number of halogens is 1. The number of nitrogens with zero attached hydrogens (tertiary/aromatic N) is 3. The molecular formula is C40H65IN4O2S. The molecule has 4 rings (SSSR count). The predicted molar refractivity (Wildman–Crippen MR) is 201 cm³/mol. The number of nitrogens with one attached hydrogen (secondary N) is 1. The van der Waals surface area contributed by atoms with Crippen molar-refractivity contribution >= 4 is 39.5 Å². The maximum Gasteiger partial charge on any atom is 0.310 e. The van der Waals surface area contributed by atoms with Crippen LogP contribution in [0.2, 0.25) is 0 Å². The van der Waals surface area contributed by atoms with Crippen molar-refractivity contribution in [2.75, 3.05) is 45.3 Å². The first-order chi connectivity index (χ1) is 23.0. The Bertz CT molecular complexity index is 1220. The van der Waals surface area contributed by atoms with Gasteiger partial charge in [-0.1, -0.05) is 135 Å². The van der Waals surface area contributed by atoms with Crippen molar-refractivity contribution in [2.45, 2.75) is 142 Å². The van der Waals surface area contributed by atoms with Crippen molar-refractivity contribution in [3.8, 4) is 0 Å². The van der Waals surface area contributed by atoms with E-state index in [4.69, 9.17) is 9.73 Å². The standard InChI is InChI=1S/C40H65N4O2S.HI/c1-4-5-6-7-8-9-10-11-12-13-14-15-16-17-18-19-20-21-22-27-38(45)46-33-44(3)30-28-43(29-31-44)39-35-32-34(2)47-40(35)42-37-26-24-23-25-36(37)41-39;/h23-26,32,42H,4-22,27-31,33H2,1-3H3;1H/q+1;/p-1. The molecule has 2 aliphatic heterocycles. The van der Waals surface area contributed by atoms with Gasteiger partial charge in [-0.05, 0) is 31.5 Å². The van der Waals surface area contributed by atoms with Gasteiger partial charge in [-0.2, -0.15) is 0 Å². The molecule has 3 heterocycles. The van der Waals surface area contributed by atoms with Gasteiger partial charge < -0.3 is 38.9 Å². The zero-order valence-corrected chi connectivity index (χ0v) is 33.5. The second kappa shape index (κ2) is 22.9. The van der Waals surface area contributed by atoms with Crippen LogP contribution in [0.5, 0.6) is 0 Å². The van der Waals surface area contributed by atoms with E-state index >= 15 is 0 Å². The fourth-order valence-corrected chi connectivity index (χ4v) is 7.84. The van der Waals surface area contributed by atoms with Gasteiger partial charge in [0.15, 0.2) is 0 Å². The minimum absolute atomic E-state index is 0. The lowest BCUT2D eigenvalue weighted by molar-refractivity contribution is -0.929. The Kier molecular flexibility index (Phi) is 19.5. The molecule has 0 atom stereocenters. The molecule has 0 radical (unpaired) electrons. The quantitative estimate of drug-likeness (QED) is 0.0565. The number of ether oxygens (including phenoxy) is 1. The van der Waals surface area contributed by atoms with Crippen molar-refractivity contribution in [2.24, 2.45) is 4.99 Å². The van der Waals surface area contributed by atoms with Crippen molar-refractivity contribution in [3.05, 3.63) is 40.8 Å². The first-order valence-electron chi connectivity index (χ1n) is 19.3. The van der Waals surface area contributed by atoms with E-state index < -0.39 is 0 Å². The number of anilines is 2. The van der Waals surface area contributed by atoms with Gasteiger partial charge in [0.2, 0.25) is 6.73 Å². The number of hydrogen-bond donors (Lipinski definition) is 1. The van der Waals surface area contributed by atoms with Crippen LogP contribution in [0.15, 0.2) is 35.3 Å². The van der Waals surface area contributed by atoms with Crippen LogP contribution in [0.1, 0.15) is 146 Å². The molecule has 0 unspecified atom stereocenters. The molecule has 48 heavy (non-hydrogen) atoms. The summed E-state index contributed by atoms with van der Waals surface area (Å²) in [7, 11) is 2.22. The number of amidine groups is 1. The van der Waals surface area contributed by atoms with Gasteiger partial charge in [0.25, 0.3) is 0 Å². The molecule has 270 valence electrons. The molecule has 1 fully saturated rings. The fraction of sp³-hybridized carbons (Fsp3) is 0.700. The highest BCUT2D eigenvalue weighted by atomic mass is 127. The number of piperazine rings is 1. The van der Waals surface area contributed by atoms with Crippen LogP contribution in [-0.2, 0) is 9.53 Å². The summed E-state index contributed by atoms with van der Waals surface area (Å²) in [5.41, 5.74) is 3.22. The molecule has 1 aromatic carbocycles. The summed E-state index contributed by atoms with van der Waals surface area (Å²) in [6.45, 7) is 8.56. The number of benzene rings is 1. The van der Waals surface area contributed by atoms with E-state index in [2.05, 4.69) is 55.4 Å². The number of hydrogen-bond acceptors (Lipinski definition) is 6. The molecule has 6 nitrogen and oxygen atoms in total. The largest absolute Gasteiger partial charge is 1.00 e. The fourth-order valence-electron chi connectivity index (χ4n) is 6.92. The highest BCUT2D eigenvalue weighted by Gasteiger charge is 2.33. The van der Waals surface area contributed by atoms with Crippen LogP contribution in [0, 0.1) is 6.92 Å². The smallest absolute Gasteiger partial charge is 0.310 e.